The van der Waals surface area contributed by atoms with Crippen LogP contribution in [0.1, 0.15) is 108 Å². The summed E-state index contributed by atoms with van der Waals surface area (Å²) in [5, 5.41) is 5.74. The van der Waals surface area contributed by atoms with Crippen LogP contribution in [0.15, 0.2) is 53.3 Å². The molecular formula is C44H54F4N6O6. The number of epoxide rings is 1. The molecule has 3 unspecified atom stereocenters. The molecule has 0 aliphatic carbocycles. The second-order valence-corrected chi connectivity index (χ2v) is 16.1. The molecule has 324 valence electrons. The fourth-order valence-electron chi connectivity index (χ4n) is 6.82. The molecule has 3 atom stereocenters. The van der Waals surface area contributed by atoms with E-state index in [2.05, 4.69) is 20.6 Å². The minimum atomic E-state index is -1.63. The summed E-state index contributed by atoms with van der Waals surface area (Å²) < 4.78 is 72.2. The number of amidine groups is 1. The van der Waals surface area contributed by atoms with E-state index in [0.29, 0.717) is 66.0 Å². The van der Waals surface area contributed by atoms with E-state index in [4.69, 9.17) is 19.9 Å². The Labute approximate surface area is 347 Å². The van der Waals surface area contributed by atoms with Gasteiger partial charge in [-0.15, -0.1) is 0 Å². The van der Waals surface area contributed by atoms with Crippen molar-refractivity contribution < 1.29 is 46.2 Å². The number of hydrogen-bond donors (Lipinski definition) is 3. The molecule has 2 aliphatic heterocycles. The van der Waals surface area contributed by atoms with Gasteiger partial charge in [-0.05, 0) is 74.3 Å². The van der Waals surface area contributed by atoms with Crippen LogP contribution in [0, 0.1) is 28.7 Å². The van der Waals surface area contributed by atoms with Gasteiger partial charge in [0.2, 0.25) is 29.7 Å². The number of anilines is 1. The first-order valence-electron chi connectivity index (χ1n) is 20.2. The Morgan fingerprint density at radius 2 is 1.67 bits per heavy atom. The molecule has 4 N–H and O–H groups in total. The van der Waals surface area contributed by atoms with Crippen molar-refractivity contribution in [3.8, 4) is 5.75 Å². The van der Waals surface area contributed by atoms with E-state index in [1.165, 1.54) is 6.20 Å². The maximum atomic E-state index is 14.1. The van der Waals surface area contributed by atoms with Gasteiger partial charge in [-0.25, -0.2) is 13.8 Å². The molecule has 12 nitrogen and oxygen atoms in total. The lowest BCUT2D eigenvalue weighted by molar-refractivity contribution is -0.127. The lowest BCUT2D eigenvalue weighted by Crippen LogP contribution is -2.34. The van der Waals surface area contributed by atoms with Gasteiger partial charge in [-0.2, -0.15) is 8.78 Å². The van der Waals surface area contributed by atoms with E-state index < -0.39 is 58.3 Å². The number of aliphatic imine (C=N–C) groups is 1. The average Bonchev–Trinajstić information content (AvgIpc) is 4.02. The van der Waals surface area contributed by atoms with Gasteiger partial charge < -0.3 is 35.5 Å². The van der Waals surface area contributed by atoms with E-state index in [9.17, 15) is 31.9 Å². The van der Waals surface area contributed by atoms with Crippen LogP contribution in [-0.4, -0.2) is 71.1 Å². The van der Waals surface area contributed by atoms with Gasteiger partial charge in [0, 0.05) is 68.0 Å². The van der Waals surface area contributed by atoms with Gasteiger partial charge in [0.05, 0.1) is 23.2 Å². The number of benzene rings is 2. The number of fused-ring (bicyclic) bond motifs is 1. The van der Waals surface area contributed by atoms with Crippen molar-refractivity contribution in [3.63, 3.8) is 0 Å². The molecule has 0 bridgehead atoms. The molecule has 60 heavy (non-hydrogen) atoms. The van der Waals surface area contributed by atoms with Crippen molar-refractivity contribution in [2.24, 2.45) is 16.1 Å². The summed E-state index contributed by atoms with van der Waals surface area (Å²) in [7, 11) is 0. The van der Waals surface area contributed by atoms with Crippen molar-refractivity contribution >= 4 is 41.0 Å². The number of carbonyl (C=O) groups excluding carboxylic acids is 3. The van der Waals surface area contributed by atoms with Crippen molar-refractivity contribution in [3.05, 3.63) is 88.3 Å². The minimum absolute atomic E-state index is 0.0728. The lowest BCUT2D eigenvalue weighted by atomic mass is 9.85. The van der Waals surface area contributed by atoms with Gasteiger partial charge in [-0.1, -0.05) is 40.7 Å². The third-order valence-corrected chi connectivity index (χ3v) is 10.7. The first kappa shape index (κ1) is 45.7. The number of pyridine rings is 1. The predicted molar refractivity (Wildman–Crippen MR) is 219 cm³/mol. The molecule has 3 aromatic rings. The third kappa shape index (κ3) is 11.7. The minimum Gasteiger partial charge on any atom is -0.456 e. The van der Waals surface area contributed by atoms with Gasteiger partial charge in [0.15, 0.2) is 17.4 Å². The van der Waals surface area contributed by atoms with E-state index in [1.54, 1.807) is 36.5 Å². The number of aromatic nitrogens is 1. The topological polar surface area (TPSA) is 161 Å². The van der Waals surface area contributed by atoms with Crippen LogP contribution in [0.5, 0.6) is 5.75 Å². The Hall–Kier alpha value is -5.35. The van der Waals surface area contributed by atoms with Gasteiger partial charge >= 0.3 is 0 Å². The highest BCUT2D eigenvalue weighted by Crippen LogP contribution is 2.43. The highest BCUT2D eigenvalue weighted by Gasteiger charge is 2.52. The maximum absolute atomic E-state index is 14.1. The Morgan fingerprint density at radius 1 is 0.967 bits per heavy atom. The summed E-state index contributed by atoms with van der Waals surface area (Å²) in [4.78, 5) is 50.1. The van der Waals surface area contributed by atoms with E-state index in [1.807, 2.05) is 46.4 Å². The lowest BCUT2D eigenvalue weighted by Gasteiger charge is -2.31. The number of nitrogens with two attached hydrogens (primary N) is 1. The molecule has 3 heterocycles. The number of nitrogens with one attached hydrogen (secondary N) is 2. The van der Waals surface area contributed by atoms with Crippen LogP contribution in [0.2, 0.25) is 0 Å². The summed E-state index contributed by atoms with van der Waals surface area (Å²) in [6, 6.07) is 6.86. The zero-order valence-corrected chi connectivity index (χ0v) is 34.9. The second-order valence-electron chi connectivity index (χ2n) is 16.1. The van der Waals surface area contributed by atoms with Gasteiger partial charge in [0.1, 0.15) is 11.9 Å². The zero-order valence-electron chi connectivity index (χ0n) is 34.9. The Balaban J connectivity index is 1.09. The predicted octanol–water partition coefficient (Wildman–Crippen LogP) is 8.12. The number of halogens is 4. The van der Waals surface area contributed by atoms with E-state index in [-0.39, 0.29) is 49.7 Å². The molecule has 0 radical (unpaired) electrons. The van der Waals surface area contributed by atoms with Gasteiger partial charge in [-0.3, -0.25) is 19.4 Å². The number of hydrogen-bond acceptors (Lipinski definition) is 9. The first-order chi connectivity index (χ1) is 28.5. The molecule has 2 aromatic carbocycles. The fourth-order valence-corrected chi connectivity index (χ4v) is 6.82. The first-order valence-corrected chi connectivity index (χ1v) is 20.2. The van der Waals surface area contributed by atoms with Crippen LogP contribution >= 0.6 is 0 Å². The number of carbonyl (C=O) groups is 3. The van der Waals surface area contributed by atoms with E-state index >= 15 is 0 Å². The van der Waals surface area contributed by atoms with Crippen LogP contribution in [0.4, 0.5) is 28.9 Å². The summed E-state index contributed by atoms with van der Waals surface area (Å²) >= 11 is 0. The van der Waals surface area contributed by atoms with Crippen molar-refractivity contribution in [1.29, 1.82) is 0 Å². The molecule has 3 amide bonds. The highest BCUT2D eigenvalue weighted by atomic mass is 19.2. The van der Waals surface area contributed by atoms with Crippen molar-refractivity contribution in [1.82, 2.24) is 15.2 Å². The zero-order chi connectivity index (χ0) is 43.8. The quantitative estimate of drug-likeness (QED) is 0.0585. The summed E-state index contributed by atoms with van der Waals surface area (Å²) in [6.07, 6.45) is 6.73. The van der Waals surface area contributed by atoms with Crippen LogP contribution in [0.25, 0.3) is 6.08 Å². The SMILES string of the molecule is CCCN(CCC)C(=O)C1=Cc2ccc(C(=O)Nc3cncc(CNC(=O)CCC(C)(CC)OCCC(C)(C)C4OC4Oc4c(F)c(F)cc(F)c4F)c3)cc2N=C(N)C1. The van der Waals surface area contributed by atoms with Crippen LogP contribution in [0.3, 0.4) is 0 Å². The maximum Gasteiger partial charge on any atom is 0.255 e. The third-order valence-electron chi connectivity index (χ3n) is 10.7. The normalized spacial score (nSPS) is 17.0. The smallest absolute Gasteiger partial charge is 0.255 e. The fraction of sp³-hybridized carbons (Fsp3) is 0.477. The Bertz CT molecular complexity index is 2100. The van der Waals surface area contributed by atoms with E-state index in [0.717, 1.165) is 12.8 Å². The summed E-state index contributed by atoms with van der Waals surface area (Å²) in [6.45, 7) is 13.3. The van der Waals surface area contributed by atoms with Crippen molar-refractivity contribution in [2.45, 2.75) is 111 Å². The highest BCUT2D eigenvalue weighted by molar-refractivity contribution is 6.08. The monoisotopic (exact) mass is 838 g/mol. The molecule has 16 heteroatoms. The van der Waals surface area contributed by atoms with Gasteiger partial charge in [0.25, 0.3) is 5.91 Å². The molecule has 1 saturated heterocycles. The van der Waals surface area contributed by atoms with Crippen LogP contribution in [-0.2, 0) is 25.6 Å². The Morgan fingerprint density at radius 3 is 2.33 bits per heavy atom. The summed E-state index contributed by atoms with van der Waals surface area (Å²) in [5.74, 6) is -7.97. The molecular weight excluding hydrogens is 785 g/mol. The standard InChI is InChI=1S/C44H54F4N6O6/c1-7-15-54(16-8-2)41(57)29-19-27-10-11-28(20-33(27)53-34(49)21-29)40(56)52-30-18-26(23-50-25-30)24-51-35(55)12-13-44(6,9-3)58-17-14-43(4,5)39-42(60-39)59-38-36(47)31(45)22-32(46)37(38)48/h10-11,18-20,22-23,25,39,42H,7-9,12-17,21,24H2,1-6H3,(H2,49,53)(H,51,55)(H,52,56). The molecule has 1 aromatic heterocycles. The second kappa shape index (κ2) is 19.8. The molecule has 2 aliphatic rings. The van der Waals surface area contributed by atoms with Crippen molar-refractivity contribution in [2.75, 3.05) is 25.0 Å². The Kier molecular flexibility index (Phi) is 15.1. The summed E-state index contributed by atoms with van der Waals surface area (Å²) in [5.41, 5.74) is 8.14. The average molecular weight is 839 g/mol. The molecule has 1 fully saturated rings. The number of nitrogens with zero attached hydrogens (tertiary/aromatic N) is 3. The number of rotatable bonds is 20. The molecule has 0 spiro atoms. The molecule has 0 saturated carbocycles. The largest absolute Gasteiger partial charge is 0.456 e. The van der Waals surface area contributed by atoms with Crippen LogP contribution < -0.4 is 21.1 Å². The number of amides is 3. The number of ether oxygens (including phenoxy) is 3. The molecule has 5 rings (SSSR count).